The molecule has 0 N–H and O–H groups in total. The van der Waals surface area contributed by atoms with E-state index in [9.17, 15) is 4.79 Å². The third kappa shape index (κ3) is 4.11. The summed E-state index contributed by atoms with van der Waals surface area (Å²) in [6.07, 6.45) is 3.24. The third-order valence-electron chi connectivity index (χ3n) is 5.28. The first-order valence-corrected chi connectivity index (χ1v) is 10.2. The van der Waals surface area contributed by atoms with Crippen LogP contribution in [0.1, 0.15) is 0 Å². The van der Waals surface area contributed by atoms with E-state index in [4.69, 9.17) is 9.47 Å². The van der Waals surface area contributed by atoms with Crippen LogP contribution in [0.25, 0.3) is 22.2 Å². The van der Waals surface area contributed by atoms with Gasteiger partial charge in [-0.15, -0.1) is 0 Å². The topological polar surface area (TPSA) is 64.6 Å². The summed E-state index contributed by atoms with van der Waals surface area (Å²) in [6, 6.07) is 23.5. The van der Waals surface area contributed by atoms with Crippen LogP contribution < -0.4 is 9.64 Å². The van der Waals surface area contributed by atoms with E-state index in [1.165, 1.54) is 0 Å². The molecule has 1 saturated heterocycles. The molecule has 6 heteroatoms. The Kier molecular flexibility index (Phi) is 5.29. The molecule has 4 aromatic rings. The van der Waals surface area contributed by atoms with Crippen molar-refractivity contribution in [3.8, 4) is 17.0 Å². The number of pyridine rings is 2. The Morgan fingerprint density at radius 1 is 0.968 bits per heavy atom. The molecule has 6 nitrogen and oxygen atoms in total. The molecular weight excluding hydrogens is 390 g/mol. The minimum atomic E-state index is -0.245. The summed E-state index contributed by atoms with van der Waals surface area (Å²) in [5.41, 5.74) is 3.48. The fourth-order valence-corrected chi connectivity index (χ4v) is 3.68. The van der Waals surface area contributed by atoms with Crippen molar-refractivity contribution in [1.29, 1.82) is 0 Å². The molecule has 1 aliphatic rings. The Morgan fingerprint density at radius 2 is 1.84 bits per heavy atom. The van der Waals surface area contributed by atoms with E-state index in [1.807, 2.05) is 72.8 Å². The summed E-state index contributed by atoms with van der Waals surface area (Å²) in [4.78, 5) is 23.1. The van der Waals surface area contributed by atoms with E-state index in [1.54, 1.807) is 17.3 Å². The number of rotatable bonds is 5. The Hall–Kier alpha value is -3.77. The molecule has 3 heterocycles. The van der Waals surface area contributed by atoms with Gasteiger partial charge in [-0.1, -0.05) is 48.5 Å². The molecule has 5 rings (SSSR count). The van der Waals surface area contributed by atoms with Gasteiger partial charge in [-0.05, 0) is 24.3 Å². The van der Waals surface area contributed by atoms with E-state index in [0.717, 1.165) is 27.8 Å². The molecule has 2 aromatic carbocycles. The average Bonchev–Trinajstić information content (AvgIpc) is 2.84. The second-order valence-electron chi connectivity index (χ2n) is 7.35. The fraction of sp³-hybridized carbons (Fsp3) is 0.160. The molecule has 31 heavy (non-hydrogen) atoms. The normalized spacial score (nSPS) is 16.5. The number of hydrogen-bond donors (Lipinski definition) is 0. The van der Waals surface area contributed by atoms with Crippen molar-refractivity contribution in [2.45, 2.75) is 6.10 Å². The molecule has 0 saturated carbocycles. The van der Waals surface area contributed by atoms with Crippen molar-refractivity contribution in [1.82, 2.24) is 9.97 Å². The Balaban J connectivity index is 1.28. The van der Waals surface area contributed by atoms with E-state index in [0.29, 0.717) is 18.9 Å². The average molecular weight is 411 g/mol. The predicted molar refractivity (Wildman–Crippen MR) is 119 cm³/mol. The van der Waals surface area contributed by atoms with Gasteiger partial charge in [-0.3, -0.25) is 14.8 Å². The second kappa shape index (κ2) is 8.53. The largest absolute Gasteiger partial charge is 0.489 e. The van der Waals surface area contributed by atoms with Gasteiger partial charge >= 0.3 is 0 Å². The van der Waals surface area contributed by atoms with Gasteiger partial charge in [0.15, 0.2) is 0 Å². The summed E-state index contributed by atoms with van der Waals surface area (Å²) < 4.78 is 11.7. The molecule has 1 unspecified atom stereocenters. The zero-order valence-electron chi connectivity index (χ0n) is 16.8. The van der Waals surface area contributed by atoms with Gasteiger partial charge in [0, 0.05) is 17.1 Å². The standard InChI is InChI=1S/C25H21N3O3/c29-24-17-30-21(16-31-23-10-4-8-19-9-5-13-26-25(19)23)15-28(24)20-11-12-22(27-14-20)18-6-2-1-3-7-18/h1-14,21H,15-17H2. The molecule has 1 aliphatic heterocycles. The van der Waals surface area contributed by atoms with Crippen LogP contribution >= 0.6 is 0 Å². The fourth-order valence-electron chi connectivity index (χ4n) is 3.68. The van der Waals surface area contributed by atoms with Gasteiger partial charge in [0.1, 0.15) is 30.6 Å². The first kappa shape index (κ1) is 19.2. The lowest BCUT2D eigenvalue weighted by Crippen LogP contribution is -2.48. The maximum absolute atomic E-state index is 12.5. The van der Waals surface area contributed by atoms with E-state index >= 15 is 0 Å². The maximum atomic E-state index is 12.5. The molecule has 1 fully saturated rings. The van der Waals surface area contributed by atoms with E-state index in [2.05, 4.69) is 9.97 Å². The van der Waals surface area contributed by atoms with Crippen LogP contribution in [0.2, 0.25) is 0 Å². The number of fused-ring (bicyclic) bond motifs is 1. The molecule has 2 aromatic heterocycles. The first-order valence-electron chi connectivity index (χ1n) is 10.2. The van der Waals surface area contributed by atoms with Crippen molar-refractivity contribution in [3.63, 3.8) is 0 Å². The van der Waals surface area contributed by atoms with Gasteiger partial charge in [0.05, 0.1) is 24.1 Å². The van der Waals surface area contributed by atoms with Crippen LogP contribution in [0.4, 0.5) is 5.69 Å². The quantitative estimate of drug-likeness (QED) is 0.495. The Bertz CT molecular complexity index is 1190. The lowest BCUT2D eigenvalue weighted by molar-refractivity contribution is -0.130. The number of anilines is 1. The van der Waals surface area contributed by atoms with Crippen molar-refractivity contribution in [2.24, 2.45) is 0 Å². The maximum Gasteiger partial charge on any atom is 0.253 e. The second-order valence-corrected chi connectivity index (χ2v) is 7.35. The predicted octanol–water partition coefficient (Wildman–Crippen LogP) is 4.11. The molecule has 0 radical (unpaired) electrons. The molecule has 0 aliphatic carbocycles. The van der Waals surface area contributed by atoms with Gasteiger partial charge in [0.2, 0.25) is 0 Å². The third-order valence-corrected chi connectivity index (χ3v) is 5.28. The van der Waals surface area contributed by atoms with Crippen molar-refractivity contribution in [2.75, 3.05) is 24.7 Å². The zero-order valence-corrected chi connectivity index (χ0v) is 16.8. The number of para-hydroxylation sites is 1. The van der Waals surface area contributed by atoms with Crippen molar-refractivity contribution in [3.05, 3.63) is 85.2 Å². The molecular formula is C25H21N3O3. The first-order chi connectivity index (χ1) is 15.3. The molecule has 1 amide bonds. The van der Waals surface area contributed by atoms with Gasteiger partial charge in [0.25, 0.3) is 5.91 Å². The lowest BCUT2D eigenvalue weighted by Gasteiger charge is -2.32. The lowest BCUT2D eigenvalue weighted by atomic mass is 10.1. The number of morpholine rings is 1. The number of hydrogen-bond acceptors (Lipinski definition) is 5. The number of aromatic nitrogens is 2. The smallest absolute Gasteiger partial charge is 0.253 e. The van der Waals surface area contributed by atoms with Gasteiger partial charge in [-0.2, -0.15) is 0 Å². The number of amides is 1. The van der Waals surface area contributed by atoms with Crippen LogP contribution in [0, 0.1) is 0 Å². The number of carbonyl (C=O) groups excluding carboxylic acids is 1. The van der Waals surface area contributed by atoms with Crippen molar-refractivity contribution < 1.29 is 14.3 Å². The monoisotopic (exact) mass is 411 g/mol. The minimum absolute atomic E-state index is 0.0161. The Labute approximate surface area is 180 Å². The summed E-state index contributed by atoms with van der Waals surface area (Å²) >= 11 is 0. The number of benzene rings is 2. The summed E-state index contributed by atoms with van der Waals surface area (Å²) in [5, 5.41) is 1.02. The van der Waals surface area contributed by atoms with Crippen LogP contribution in [0.15, 0.2) is 85.2 Å². The zero-order chi connectivity index (χ0) is 21.0. The van der Waals surface area contributed by atoms with Crippen molar-refractivity contribution >= 4 is 22.5 Å². The molecule has 1 atom stereocenters. The minimum Gasteiger partial charge on any atom is -0.489 e. The summed E-state index contributed by atoms with van der Waals surface area (Å²) in [5.74, 6) is 0.622. The number of ether oxygens (including phenoxy) is 2. The molecule has 0 bridgehead atoms. The number of carbonyl (C=O) groups is 1. The van der Waals surface area contributed by atoms with E-state index < -0.39 is 0 Å². The van der Waals surface area contributed by atoms with Crippen LogP contribution in [-0.2, 0) is 9.53 Å². The van der Waals surface area contributed by atoms with Gasteiger partial charge < -0.3 is 14.4 Å². The SMILES string of the molecule is O=C1COC(COc2cccc3cccnc23)CN1c1ccc(-c2ccccc2)nc1. The summed E-state index contributed by atoms with van der Waals surface area (Å²) in [7, 11) is 0. The molecule has 154 valence electrons. The van der Waals surface area contributed by atoms with Gasteiger partial charge in [-0.25, -0.2) is 0 Å². The van der Waals surface area contributed by atoms with E-state index in [-0.39, 0.29) is 18.6 Å². The summed E-state index contributed by atoms with van der Waals surface area (Å²) in [6.45, 7) is 0.751. The Morgan fingerprint density at radius 3 is 2.68 bits per heavy atom. The van der Waals surface area contributed by atoms with Crippen LogP contribution in [-0.4, -0.2) is 41.7 Å². The highest BCUT2D eigenvalue weighted by Crippen LogP contribution is 2.25. The highest BCUT2D eigenvalue weighted by molar-refractivity contribution is 5.95. The van der Waals surface area contributed by atoms with Crippen LogP contribution in [0.3, 0.4) is 0 Å². The highest BCUT2D eigenvalue weighted by Gasteiger charge is 2.28. The molecule has 0 spiro atoms. The van der Waals surface area contributed by atoms with Crippen LogP contribution in [0.5, 0.6) is 5.75 Å². The number of nitrogens with zero attached hydrogens (tertiary/aromatic N) is 3. The highest BCUT2D eigenvalue weighted by atomic mass is 16.5.